The van der Waals surface area contributed by atoms with E-state index in [4.69, 9.17) is 0 Å². The minimum Gasteiger partial charge on any atom is -0.349 e. The van der Waals surface area contributed by atoms with Crippen LogP contribution >= 0.6 is 0 Å². The van der Waals surface area contributed by atoms with E-state index in [2.05, 4.69) is 20.6 Å². The van der Waals surface area contributed by atoms with Crippen LogP contribution in [0.1, 0.15) is 29.6 Å². The molecule has 2 heterocycles. The lowest BCUT2D eigenvalue weighted by Gasteiger charge is -2.16. The number of nitrogens with zero attached hydrogens (tertiary/aromatic N) is 2. The highest BCUT2D eigenvalue weighted by Crippen LogP contribution is 2.12. The standard InChI is InChI=1S/C15H18N4O/c20-15(19-12-2-1-6-16-7-5-12)11-3-4-13-14(10-11)18-9-8-17-13/h3-4,8-10,12,16H,1-2,5-7H2,(H,19,20). The van der Waals surface area contributed by atoms with E-state index < -0.39 is 0 Å². The van der Waals surface area contributed by atoms with Gasteiger partial charge in [0.25, 0.3) is 5.91 Å². The molecule has 0 bridgehead atoms. The van der Waals surface area contributed by atoms with Crippen LogP contribution in [0, 0.1) is 0 Å². The van der Waals surface area contributed by atoms with E-state index in [1.54, 1.807) is 24.5 Å². The lowest BCUT2D eigenvalue weighted by Crippen LogP contribution is -2.35. The molecule has 5 heteroatoms. The molecule has 1 aliphatic heterocycles. The molecule has 1 aromatic heterocycles. The second-order valence-corrected chi connectivity index (χ2v) is 5.11. The van der Waals surface area contributed by atoms with Gasteiger partial charge in [-0.25, -0.2) is 0 Å². The zero-order valence-corrected chi connectivity index (χ0v) is 11.3. The summed E-state index contributed by atoms with van der Waals surface area (Å²) in [5, 5.41) is 6.46. The van der Waals surface area contributed by atoms with E-state index in [1.807, 2.05) is 6.07 Å². The van der Waals surface area contributed by atoms with Gasteiger partial charge in [-0.05, 0) is 50.6 Å². The highest BCUT2D eigenvalue weighted by Gasteiger charge is 2.15. The minimum atomic E-state index is -0.0237. The first-order chi connectivity index (χ1) is 9.83. The van der Waals surface area contributed by atoms with Crippen LogP contribution in [0.4, 0.5) is 0 Å². The van der Waals surface area contributed by atoms with Crippen LogP contribution in [0.2, 0.25) is 0 Å². The third kappa shape index (κ3) is 2.93. The van der Waals surface area contributed by atoms with Crippen molar-refractivity contribution in [3.63, 3.8) is 0 Å². The molecule has 0 saturated carbocycles. The first-order valence-electron chi connectivity index (χ1n) is 7.05. The molecule has 104 valence electrons. The van der Waals surface area contributed by atoms with E-state index in [0.29, 0.717) is 5.56 Å². The number of carbonyl (C=O) groups excluding carboxylic acids is 1. The van der Waals surface area contributed by atoms with Crippen LogP contribution in [0.15, 0.2) is 30.6 Å². The van der Waals surface area contributed by atoms with Crippen LogP contribution in [0.25, 0.3) is 11.0 Å². The molecule has 20 heavy (non-hydrogen) atoms. The predicted molar refractivity (Wildman–Crippen MR) is 77.5 cm³/mol. The van der Waals surface area contributed by atoms with Gasteiger partial charge >= 0.3 is 0 Å². The number of rotatable bonds is 2. The summed E-state index contributed by atoms with van der Waals surface area (Å²) in [5.41, 5.74) is 2.21. The fourth-order valence-corrected chi connectivity index (χ4v) is 2.54. The van der Waals surface area contributed by atoms with Crippen molar-refractivity contribution in [3.8, 4) is 0 Å². The Morgan fingerprint density at radius 2 is 2.00 bits per heavy atom. The summed E-state index contributed by atoms with van der Waals surface area (Å²) < 4.78 is 0. The van der Waals surface area contributed by atoms with E-state index in [-0.39, 0.29) is 11.9 Å². The Balaban J connectivity index is 1.74. The molecule has 0 aliphatic carbocycles. The van der Waals surface area contributed by atoms with Gasteiger partial charge in [0.15, 0.2) is 0 Å². The molecular weight excluding hydrogens is 252 g/mol. The maximum Gasteiger partial charge on any atom is 0.251 e. The molecule has 1 aromatic carbocycles. The summed E-state index contributed by atoms with van der Waals surface area (Å²) >= 11 is 0. The Morgan fingerprint density at radius 1 is 1.15 bits per heavy atom. The van der Waals surface area contributed by atoms with Crippen LogP contribution in [-0.2, 0) is 0 Å². The second-order valence-electron chi connectivity index (χ2n) is 5.11. The lowest BCUT2D eigenvalue weighted by molar-refractivity contribution is 0.0934. The number of amides is 1. The average Bonchev–Trinajstić information content (AvgIpc) is 2.75. The lowest BCUT2D eigenvalue weighted by atomic mass is 10.1. The predicted octanol–water partition coefficient (Wildman–Crippen LogP) is 1.50. The molecule has 0 spiro atoms. The molecule has 1 aliphatic rings. The summed E-state index contributed by atoms with van der Waals surface area (Å²) in [6.45, 7) is 2.01. The van der Waals surface area contributed by atoms with Crippen LogP contribution < -0.4 is 10.6 Å². The van der Waals surface area contributed by atoms with Crippen molar-refractivity contribution in [2.75, 3.05) is 13.1 Å². The Kier molecular flexibility index (Phi) is 3.87. The number of aromatic nitrogens is 2. The number of fused-ring (bicyclic) bond motifs is 1. The van der Waals surface area contributed by atoms with Crippen molar-refractivity contribution < 1.29 is 4.79 Å². The molecule has 1 fully saturated rings. The molecule has 2 N–H and O–H groups in total. The number of carbonyl (C=O) groups is 1. The summed E-state index contributed by atoms with van der Waals surface area (Å²) in [7, 11) is 0. The molecule has 3 rings (SSSR count). The van der Waals surface area contributed by atoms with Crippen molar-refractivity contribution in [1.29, 1.82) is 0 Å². The zero-order valence-electron chi connectivity index (χ0n) is 11.3. The summed E-state index contributed by atoms with van der Waals surface area (Å²) in [6.07, 6.45) is 6.42. The van der Waals surface area contributed by atoms with Crippen LogP contribution in [-0.4, -0.2) is 35.0 Å². The van der Waals surface area contributed by atoms with Crippen molar-refractivity contribution >= 4 is 16.9 Å². The maximum absolute atomic E-state index is 12.3. The highest BCUT2D eigenvalue weighted by molar-refractivity contribution is 5.97. The molecule has 1 unspecified atom stereocenters. The average molecular weight is 270 g/mol. The topological polar surface area (TPSA) is 66.9 Å². The Bertz CT molecular complexity index is 606. The molecule has 1 atom stereocenters. The Labute approximate surface area is 117 Å². The number of nitrogens with one attached hydrogen (secondary N) is 2. The van der Waals surface area contributed by atoms with Gasteiger partial charge in [0.05, 0.1) is 11.0 Å². The zero-order chi connectivity index (χ0) is 13.8. The van der Waals surface area contributed by atoms with Gasteiger partial charge in [-0.3, -0.25) is 14.8 Å². The van der Waals surface area contributed by atoms with Gasteiger partial charge in [0.2, 0.25) is 0 Å². The largest absolute Gasteiger partial charge is 0.349 e. The molecule has 2 aromatic rings. The summed E-state index contributed by atoms with van der Waals surface area (Å²) in [6, 6.07) is 5.70. The van der Waals surface area contributed by atoms with Gasteiger partial charge in [0, 0.05) is 24.0 Å². The van der Waals surface area contributed by atoms with E-state index >= 15 is 0 Å². The number of hydrogen-bond acceptors (Lipinski definition) is 4. The van der Waals surface area contributed by atoms with Crippen molar-refractivity contribution in [2.24, 2.45) is 0 Å². The van der Waals surface area contributed by atoms with Gasteiger partial charge in [-0.2, -0.15) is 0 Å². The third-order valence-electron chi connectivity index (χ3n) is 3.64. The normalized spacial score (nSPS) is 19.5. The number of hydrogen-bond donors (Lipinski definition) is 2. The summed E-state index contributed by atoms with van der Waals surface area (Å²) in [4.78, 5) is 20.7. The van der Waals surface area contributed by atoms with Gasteiger partial charge < -0.3 is 10.6 Å². The smallest absolute Gasteiger partial charge is 0.251 e. The molecule has 0 radical (unpaired) electrons. The summed E-state index contributed by atoms with van der Waals surface area (Å²) in [5.74, 6) is -0.0237. The Morgan fingerprint density at radius 3 is 2.90 bits per heavy atom. The fraction of sp³-hybridized carbons (Fsp3) is 0.400. The SMILES string of the molecule is O=C(NC1CCCNCC1)c1ccc2nccnc2c1. The third-order valence-corrected chi connectivity index (χ3v) is 3.64. The minimum absolute atomic E-state index is 0.0237. The van der Waals surface area contributed by atoms with Crippen LogP contribution in [0.5, 0.6) is 0 Å². The van der Waals surface area contributed by atoms with Gasteiger partial charge in [-0.1, -0.05) is 0 Å². The van der Waals surface area contributed by atoms with Crippen molar-refractivity contribution in [1.82, 2.24) is 20.6 Å². The Hall–Kier alpha value is -2.01. The molecular formula is C15H18N4O. The van der Waals surface area contributed by atoms with Gasteiger partial charge in [0.1, 0.15) is 0 Å². The first-order valence-corrected chi connectivity index (χ1v) is 7.05. The first kappa shape index (κ1) is 13.0. The number of benzene rings is 1. The highest BCUT2D eigenvalue weighted by atomic mass is 16.1. The van der Waals surface area contributed by atoms with E-state index in [9.17, 15) is 4.79 Å². The second kappa shape index (κ2) is 5.96. The maximum atomic E-state index is 12.3. The van der Waals surface area contributed by atoms with E-state index in [1.165, 1.54) is 0 Å². The molecule has 5 nitrogen and oxygen atoms in total. The fourth-order valence-electron chi connectivity index (χ4n) is 2.54. The van der Waals surface area contributed by atoms with Crippen LogP contribution in [0.3, 0.4) is 0 Å². The van der Waals surface area contributed by atoms with Crippen molar-refractivity contribution in [2.45, 2.75) is 25.3 Å². The van der Waals surface area contributed by atoms with Crippen molar-refractivity contribution in [3.05, 3.63) is 36.2 Å². The van der Waals surface area contributed by atoms with E-state index in [0.717, 1.165) is 43.4 Å². The molecule has 1 amide bonds. The van der Waals surface area contributed by atoms with Gasteiger partial charge in [-0.15, -0.1) is 0 Å². The quantitative estimate of drug-likeness (QED) is 0.868. The monoisotopic (exact) mass is 270 g/mol. The molecule has 1 saturated heterocycles.